The van der Waals surface area contributed by atoms with E-state index >= 15 is 0 Å². The van der Waals surface area contributed by atoms with Gasteiger partial charge in [0.15, 0.2) is 0 Å². The standard InChI is InChI=1S/C14H17ClN2/c1-10(2)13-5-4-12(8-14(13)15)9-17-7-6-11(3)16-17/h4-8,10H,9H2,1-3H3. The van der Waals surface area contributed by atoms with Crippen molar-refractivity contribution in [3.63, 3.8) is 0 Å². The van der Waals surface area contributed by atoms with Crippen LogP contribution in [0, 0.1) is 6.92 Å². The third-order valence-corrected chi connectivity index (χ3v) is 3.13. The van der Waals surface area contributed by atoms with Crippen molar-refractivity contribution in [1.82, 2.24) is 9.78 Å². The van der Waals surface area contributed by atoms with Crippen molar-refractivity contribution in [2.24, 2.45) is 0 Å². The van der Waals surface area contributed by atoms with Crippen LogP contribution in [-0.2, 0) is 6.54 Å². The third kappa shape index (κ3) is 2.89. The second-order valence-corrected chi connectivity index (χ2v) is 5.07. The monoisotopic (exact) mass is 248 g/mol. The van der Waals surface area contributed by atoms with Gasteiger partial charge in [-0.25, -0.2) is 0 Å². The van der Waals surface area contributed by atoms with E-state index in [-0.39, 0.29) is 0 Å². The van der Waals surface area contributed by atoms with E-state index in [1.165, 1.54) is 11.1 Å². The van der Waals surface area contributed by atoms with Crippen LogP contribution in [0.2, 0.25) is 5.02 Å². The van der Waals surface area contributed by atoms with Crippen LogP contribution in [0.25, 0.3) is 0 Å². The Morgan fingerprint density at radius 2 is 2.06 bits per heavy atom. The van der Waals surface area contributed by atoms with Crippen LogP contribution in [0.15, 0.2) is 30.5 Å². The Hall–Kier alpha value is -1.28. The van der Waals surface area contributed by atoms with Gasteiger partial charge in [-0.1, -0.05) is 37.6 Å². The van der Waals surface area contributed by atoms with Crippen molar-refractivity contribution in [2.45, 2.75) is 33.2 Å². The Balaban J connectivity index is 2.20. The van der Waals surface area contributed by atoms with E-state index in [0.717, 1.165) is 17.3 Å². The number of halogens is 1. The molecule has 0 saturated heterocycles. The lowest BCUT2D eigenvalue weighted by atomic mass is 10.0. The molecule has 2 aromatic rings. The lowest BCUT2D eigenvalue weighted by Gasteiger charge is -2.10. The van der Waals surface area contributed by atoms with Gasteiger partial charge in [-0.05, 0) is 36.1 Å². The number of hydrogen-bond acceptors (Lipinski definition) is 1. The van der Waals surface area contributed by atoms with Gasteiger partial charge in [-0.15, -0.1) is 0 Å². The highest BCUT2D eigenvalue weighted by atomic mass is 35.5. The van der Waals surface area contributed by atoms with Crippen molar-refractivity contribution in [1.29, 1.82) is 0 Å². The molecule has 0 saturated carbocycles. The molecule has 0 aliphatic carbocycles. The maximum absolute atomic E-state index is 6.27. The molecular formula is C14H17ClN2. The first-order valence-electron chi connectivity index (χ1n) is 5.84. The second kappa shape index (κ2) is 4.92. The SMILES string of the molecule is Cc1ccn(Cc2ccc(C(C)C)c(Cl)c2)n1. The zero-order chi connectivity index (χ0) is 12.4. The van der Waals surface area contributed by atoms with Crippen LogP contribution < -0.4 is 0 Å². The number of hydrogen-bond donors (Lipinski definition) is 0. The van der Waals surface area contributed by atoms with Crippen molar-refractivity contribution in [3.05, 3.63) is 52.3 Å². The quantitative estimate of drug-likeness (QED) is 0.802. The summed E-state index contributed by atoms with van der Waals surface area (Å²) in [5.41, 5.74) is 3.42. The fraction of sp³-hybridized carbons (Fsp3) is 0.357. The van der Waals surface area contributed by atoms with Gasteiger partial charge in [-0.3, -0.25) is 4.68 Å². The Kier molecular flexibility index (Phi) is 3.53. The first-order valence-corrected chi connectivity index (χ1v) is 6.22. The van der Waals surface area contributed by atoms with Gasteiger partial charge < -0.3 is 0 Å². The smallest absolute Gasteiger partial charge is 0.0659 e. The summed E-state index contributed by atoms with van der Waals surface area (Å²) in [7, 11) is 0. The highest BCUT2D eigenvalue weighted by Crippen LogP contribution is 2.25. The Morgan fingerprint density at radius 1 is 1.29 bits per heavy atom. The van der Waals surface area contributed by atoms with Gasteiger partial charge in [0, 0.05) is 11.2 Å². The number of benzene rings is 1. The Labute approximate surface area is 107 Å². The molecule has 2 rings (SSSR count). The highest BCUT2D eigenvalue weighted by Gasteiger charge is 2.06. The molecule has 0 aliphatic heterocycles. The fourth-order valence-corrected chi connectivity index (χ4v) is 2.30. The van der Waals surface area contributed by atoms with Gasteiger partial charge in [0.1, 0.15) is 0 Å². The molecule has 2 nitrogen and oxygen atoms in total. The zero-order valence-corrected chi connectivity index (χ0v) is 11.2. The summed E-state index contributed by atoms with van der Waals surface area (Å²) in [5, 5.41) is 5.22. The average molecular weight is 249 g/mol. The molecule has 90 valence electrons. The summed E-state index contributed by atoms with van der Waals surface area (Å²) in [4.78, 5) is 0. The Bertz CT molecular complexity index is 515. The summed E-state index contributed by atoms with van der Waals surface area (Å²) in [6.45, 7) is 7.06. The molecule has 0 unspecified atom stereocenters. The molecule has 1 heterocycles. The fourth-order valence-electron chi connectivity index (χ4n) is 1.88. The number of aromatic nitrogens is 2. The molecule has 0 amide bonds. The van der Waals surface area contributed by atoms with Crippen molar-refractivity contribution >= 4 is 11.6 Å². The molecule has 0 N–H and O–H groups in total. The van der Waals surface area contributed by atoms with Gasteiger partial charge in [0.05, 0.1) is 12.2 Å². The summed E-state index contributed by atoms with van der Waals surface area (Å²) < 4.78 is 1.93. The first-order chi connectivity index (χ1) is 8.06. The van der Waals surface area contributed by atoms with Crippen molar-refractivity contribution in [3.8, 4) is 0 Å². The van der Waals surface area contributed by atoms with Crippen LogP contribution >= 0.6 is 11.6 Å². The van der Waals surface area contributed by atoms with Gasteiger partial charge in [0.25, 0.3) is 0 Å². The molecule has 17 heavy (non-hydrogen) atoms. The van der Waals surface area contributed by atoms with Crippen LogP contribution in [-0.4, -0.2) is 9.78 Å². The minimum Gasteiger partial charge on any atom is -0.268 e. The maximum Gasteiger partial charge on any atom is 0.0659 e. The molecule has 0 spiro atoms. The van der Waals surface area contributed by atoms with Crippen molar-refractivity contribution in [2.75, 3.05) is 0 Å². The molecule has 0 radical (unpaired) electrons. The molecule has 1 aromatic heterocycles. The second-order valence-electron chi connectivity index (χ2n) is 4.67. The van der Waals surface area contributed by atoms with E-state index in [9.17, 15) is 0 Å². The topological polar surface area (TPSA) is 17.8 Å². The van der Waals surface area contributed by atoms with Gasteiger partial charge >= 0.3 is 0 Å². The highest BCUT2D eigenvalue weighted by molar-refractivity contribution is 6.31. The summed E-state index contributed by atoms with van der Waals surface area (Å²) >= 11 is 6.27. The summed E-state index contributed by atoms with van der Waals surface area (Å²) in [6, 6.07) is 8.27. The van der Waals surface area contributed by atoms with Crippen LogP contribution in [0.3, 0.4) is 0 Å². The minimum atomic E-state index is 0.462. The van der Waals surface area contributed by atoms with Crippen molar-refractivity contribution < 1.29 is 0 Å². The maximum atomic E-state index is 6.27. The predicted octanol–water partition coefficient (Wildman–Crippen LogP) is 4.02. The van der Waals surface area contributed by atoms with E-state index in [1.807, 2.05) is 29.9 Å². The Morgan fingerprint density at radius 3 is 2.59 bits per heavy atom. The predicted molar refractivity (Wildman–Crippen MR) is 71.6 cm³/mol. The lowest BCUT2D eigenvalue weighted by molar-refractivity contribution is 0.679. The van der Waals surface area contributed by atoms with Gasteiger partial charge in [-0.2, -0.15) is 5.10 Å². The molecular weight excluding hydrogens is 232 g/mol. The minimum absolute atomic E-state index is 0.462. The first kappa shape index (κ1) is 12.2. The van der Waals surface area contributed by atoms with Gasteiger partial charge in [0.2, 0.25) is 0 Å². The molecule has 1 aromatic carbocycles. The largest absolute Gasteiger partial charge is 0.268 e. The van der Waals surface area contributed by atoms with E-state index in [1.54, 1.807) is 0 Å². The summed E-state index contributed by atoms with van der Waals surface area (Å²) in [6.07, 6.45) is 1.99. The zero-order valence-electron chi connectivity index (χ0n) is 10.4. The van der Waals surface area contributed by atoms with Crippen LogP contribution in [0.5, 0.6) is 0 Å². The van der Waals surface area contributed by atoms with E-state index in [4.69, 9.17) is 11.6 Å². The van der Waals surface area contributed by atoms with E-state index in [0.29, 0.717) is 5.92 Å². The van der Waals surface area contributed by atoms with E-state index < -0.39 is 0 Å². The van der Waals surface area contributed by atoms with Crippen LogP contribution in [0.4, 0.5) is 0 Å². The third-order valence-electron chi connectivity index (χ3n) is 2.81. The van der Waals surface area contributed by atoms with Crippen LogP contribution in [0.1, 0.15) is 36.6 Å². The molecule has 0 atom stereocenters. The molecule has 3 heteroatoms. The number of nitrogens with zero attached hydrogens (tertiary/aromatic N) is 2. The molecule has 0 aliphatic rings. The normalized spacial score (nSPS) is 11.1. The number of aryl methyl sites for hydroxylation is 1. The summed E-state index contributed by atoms with van der Waals surface area (Å²) in [5.74, 6) is 0.462. The number of rotatable bonds is 3. The lowest BCUT2D eigenvalue weighted by Crippen LogP contribution is -2.01. The molecule has 0 bridgehead atoms. The average Bonchev–Trinajstić information content (AvgIpc) is 2.63. The molecule has 0 fully saturated rings. The van der Waals surface area contributed by atoms with E-state index in [2.05, 4.69) is 31.1 Å².